The van der Waals surface area contributed by atoms with E-state index in [0.717, 1.165) is 26.0 Å². The quantitative estimate of drug-likeness (QED) is 0.672. The zero-order chi connectivity index (χ0) is 9.73. The Labute approximate surface area is 80.5 Å². The van der Waals surface area contributed by atoms with Gasteiger partial charge in [0.05, 0.1) is 12.7 Å². The van der Waals surface area contributed by atoms with Crippen molar-refractivity contribution in [3.63, 3.8) is 0 Å². The number of nitrogens with one attached hydrogen (secondary N) is 1. The fourth-order valence-electron chi connectivity index (χ4n) is 1.46. The van der Waals surface area contributed by atoms with Crippen LogP contribution < -0.4 is 5.32 Å². The smallest absolute Gasteiger partial charge is 0.0700 e. The molecule has 3 heteroatoms. The molecular weight excluding hydrogens is 166 g/mol. The van der Waals surface area contributed by atoms with Crippen molar-refractivity contribution < 1.29 is 9.84 Å². The molecule has 0 saturated carbocycles. The first kappa shape index (κ1) is 11.0. The van der Waals surface area contributed by atoms with Crippen LogP contribution in [0.25, 0.3) is 0 Å². The van der Waals surface area contributed by atoms with Crippen molar-refractivity contribution in [1.82, 2.24) is 5.32 Å². The summed E-state index contributed by atoms with van der Waals surface area (Å²) in [7, 11) is 0. The minimum Gasteiger partial charge on any atom is -0.394 e. The summed E-state index contributed by atoms with van der Waals surface area (Å²) < 4.78 is 5.49. The van der Waals surface area contributed by atoms with Crippen LogP contribution in [0.4, 0.5) is 0 Å². The lowest BCUT2D eigenvalue weighted by molar-refractivity contribution is 0.0905. The van der Waals surface area contributed by atoms with E-state index >= 15 is 0 Å². The summed E-state index contributed by atoms with van der Waals surface area (Å²) in [6.07, 6.45) is 3.63. The summed E-state index contributed by atoms with van der Waals surface area (Å²) >= 11 is 0. The Bertz CT molecular complexity index is 140. The van der Waals surface area contributed by atoms with Crippen LogP contribution in [0.3, 0.4) is 0 Å². The van der Waals surface area contributed by atoms with Gasteiger partial charge in [0, 0.05) is 18.7 Å². The van der Waals surface area contributed by atoms with Crippen LogP contribution in [0.5, 0.6) is 0 Å². The van der Waals surface area contributed by atoms with Crippen molar-refractivity contribution in [2.75, 3.05) is 19.8 Å². The summed E-state index contributed by atoms with van der Waals surface area (Å²) in [4.78, 5) is 0. The van der Waals surface area contributed by atoms with Gasteiger partial charge in [0.2, 0.25) is 0 Å². The van der Waals surface area contributed by atoms with Gasteiger partial charge in [-0.1, -0.05) is 6.92 Å². The van der Waals surface area contributed by atoms with Gasteiger partial charge in [0.25, 0.3) is 0 Å². The molecule has 13 heavy (non-hydrogen) atoms. The Balaban J connectivity index is 2.22. The molecule has 1 aliphatic heterocycles. The highest BCUT2D eigenvalue weighted by Gasteiger charge is 2.23. The highest BCUT2D eigenvalue weighted by Crippen LogP contribution is 2.13. The van der Waals surface area contributed by atoms with Crippen LogP contribution in [0.2, 0.25) is 0 Å². The molecule has 0 aliphatic carbocycles. The van der Waals surface area contributed by atoms with Crippen LogP contribution in [-0.4, -0.2) is 36.5 Å². The van der Waals surface area contributed by atoms with Crippen LogP contribution in [0.15, 0.2) is 0 Å². The van der Waals surface area contributed by atoms with Gasteiger partial charge < -0.3 is 15.2 Å². The molecule has 3 nitrogen and oxygen atoms in total. The van der Waals surface area contributed by atoms with E-state index in [2.05, 4.69) is 12.2 Å². The molecule has 1 aliphatic rings. The van der Waals surface area contributed by atoms with Crippen LogP contribution in [0, 0.1) is 0 Å². The molecule has 1 saturated heterocycles. The van der Waals surface area contributed by atoms with Gasteiger partial charge in [0.15, 0.2) is 0 Å². The average Bonchev–Trinajstić information content (AvgIpc) is 2.67. The van der Waals surface area contributed by atoms with E-state index in [4.69, 9.17) is 9.84 Å². The first-order valence-electron chi connectivity index (χ1n) is 5.17. The number of ether oxygens (including phenoxy) is 1. The van der Waals surface area contributed by atoms with Crippen molar-refractivity contribution in [3.05, 3.63) is 0 Å². The summed E-state index contributed by atoms with van der Waals surface area (Å²) in [5.74, 6) is 0. The normalized spacial score (nSPS) is 27.5. The van der Waals surface area contributed by atoms with E-state index < -0.39 is 0 Å². The van der Waals surface area contributed by atoms with Gasteiger partial charge >= 0.3 is 0 Å². The molecule has 0 aromatic heterocycles. The highest BCUT2D eigenvalue weighted by molar-refractivity contribution is 4.82. The minimum absolute atomic E-state index is 0.133. The third kappa shape index (κ3) is 3.25. The summed E-state index contributed by atoms with van der Waals surface area (Å²) in [6, 6.07) is 0. The standard InChI is InChI=1S/C10H21NO2/c1-3-10(2,8-12)11-7-9-5-4-6-13-9/h9,11-12H,3-8H2,1-2H3. The third-order valence-electron chi connectivity index (χ3n) is 2.91. The molecule has 1 rings (SSSR count). The molecule has 1 fully saturated rings. The molecule has 0 aromatic carbocycles. The predicted molar refractivity (Wildman–Crippen MR) is 52.8 cm³/mol. The van der Waals surface area contributed by atoms with Gasteiger partial charge in [-0.2, -0.15) is 0 Å². The molecule has 78 valence electrons. The maximum absolute atomic E-state index is 9.16. The summed E-state index contributed by atoms with van der Waals surface area (Å²) in [5.41, 5.74) is -0.133. The Hall–Kier alpha value is -0.120. The zero-order valence-corrected chi connectivity index (χ0v) is 8.68. The molecule has 2 atom stereocenters. The minimum atomic E-state index is -0.133. The van der Waals surface area contributed by atoms with Gasteiger partial charge in [-0.25, -0.2) is 0 Å². The fourth-order valence-corrected chi connectivity index (χ4v) is 1.46. The van der Waals surface area contributed by atoms with Crippen molar-refractivity contribution >= 4 is 0 Å². The number of aliphatic hydroxyl groups is 1. The lowest BCUT2D eigenvalue weighted by atomic mass is 10.00. The molecule has 1 heterocycles. The molecule has 0 bridgehead atoms. The molecular formula is C10H21NO2. The van der Waals surface area contributed by atoms with Crippen LogP contribution >= 0.6 is 0 Å². The second kappa shape index (κ2) is 4.94. The Morgan fingerprint density at radius 3 is 2.85 bits per heavy atom. The van der Waals surface area contributed by atoms with Crippen molar-refractivity contribution in [3.8, 4) is 0 Å². The van der Waals surface area contributed by atoms with Gasteiger partial charge in [-0.05, 0) is 26.2 Å². The second-order valence-corrected chi connectivity index (χ2v) is 4.09. The second-order valence-electron chi connectivity index (χ2n) is 4.09. The number of aliphatic hydroxyl groups excluding tert-OH is 1. The summed E-state index contributed by atoms with van der Waals surface area (Å²) in [6.45, 7) is 6.08. The lowest BCUT2D eigenvalue weighted by Gasteiger charge is -2.28. The maximum Gasteiger partial charge on any atom is 0.0700 e. The van der Waals surface area contributed by atoms with Gasteiger partial charge in [-0.15, -0.1) is 0 Å². The molecule has 0 radical (unpaired) electrons. The van der Waals surface area contributed by atoms with Crippen LogP contribution in [0.1, 0.15) is 33.1 Å². The zero-order valence-electron chi connectivity index (χ0n) is 8.68. The largest absolute Gasteiger partial charge is 0.394 e. The Morgan fingerprint density at radius 2 is 2.38 bits per heavy atom. The Morgan fingerprint density at radius 1 is 1.62 bits per heavy atom. The molecule has 0 aromatic rings. The number of hydrogen-bond donors (Lipinski definition) is 2. The number of hydrogen-bond acceptors (Lipinski definition) is 3. The SMILES string of the molecule is CCC(C)(CO)NCC1CCCO1. The van der Waals surface area contributed by atoms with E-state index in [1.807, 2.05) is 6.92 Å². The Kier molecular flexibility index (Phi) is 4.16. The van der Waals surface area contributed by atoms with Crippen LogP contribution in [-0.2, 0) is 4.74 Å². The van der Waals surface area contributed by atoms with Crippen molar-refractivity contribution in [1.29, 1.82) is 0 Å². The fraction of sp³-hybridized carbons (Fsp3) is 1.00. The average molecular weight is 187 g/mol. The molecule has 0 spiro atoms. The van der Waals surface area contributed by atoms with E-state index in [1.54, 1.807) is 0 Å². The first-order chi connectivity index (χ1) is 6.20. The van der Waals surface area contributed by atoms with Crippen molar-refractivity contribution in [2.24, 2.45) is 0 Å². The van der Waals surface area contributed by atoms with Crippen molar-refractivity contribution in [2.45, 2.75) is 44.8 Å². The monoisotopic (exact) mass is 187 g/mol. The van der Waals surface area contributed by atoms with Gasteiger partial charge in [-0.3, -0.25) is 0 Å². The van der Waals surface area contributed by atoms with Gasteiger partial charge in [0.1, 0.15) is 0 Å². The highest BCUT2D eigenvalue weighted by atomic mass is 16.5. The van der Waals surface area contributed by atoms with E-state index in [9.17, 15) is 0 Å². The van der Waals surface area contributed by atoms with E-state index in [-0.39, 0.29) is 12.1 Å². The lowest BCUT2D eigenvalue weighted by Crippen LogP contribution is -2.48. The topological polar surface area (TPSA) is 41.5 Å². The predicted octanol–water partition coefficient (Wildman–Crippen LogP) is 0.916. The summed E-state index contributed by atoms with van der Waals surface area (Å²) in [5, 5.41) is 12.5. The molecule has 2 N–H and O–H groups in total. The van der Waals surface area contributed by atoms with E-state index in [0.29, 0.717) is 6.10 Å². The van der Waals surface area contributed by atoms with E-state index in [1.165, 1.54) is 6.42 Å². The number of rotatable bonds is 5. The first-order valence-corrected chi connectivity index (χ1v) is 5.17. The third-order valence-corrected chi connectivity index (χ3v) is 2.91. The molecule has 2 unspecified atom stereocenters. The molecule has 0 amide bonds. The maximum atomic E-state index is 9.16.